The Balaban J connectivity index is 3.44. The van der Waals surface area contributed by atoms with Crippen molar-refractivity contribution < 1.29 is 27.6 Å². The summed E-state index contributed by atoms with van der Waals surface area (Å²) in [5.74, 6) is 0. The summed E-state index contributed by atoms with van der Waals surface area (Å²) < 4.78 is 38.2. The van der Waals surface area contributed by atoms with E-state index in [1.54, 1.807) is 14.0 Å². The van der Waals surface area contributed by atoms with E-state index >= 15 is 0 Å². The third-order valence-electron chi connectivity index (χ3n) is 5.21. The molecule has 0 aliphatic heterocycles. The molecule has 0 aromatic heterocycles. The quantitative estimate of drug-likeness (QED) is 0.113. The van der Waals surface area contributed by atoms with Gasteiger partial charge in [-0.05, 0) is 13.3 Å². The van der Waals surface area contributed by atoms with Crippen LogP contribution in [0, 0.1) is 0 Å². The Bertz CT molecular complexity index is 394. The SMILES string of the molecule is CCCCCCCCCCCCCCCCOCC(COP(=O)(OC)OCC)OC. The predicted octanol–water partition coefficient (Wildman–Crippen LogP) is 7.31. The number of methoxy groups -OCH3 is 1. The van der Waals surface area contributed by atoms with Gasteiger partial charge >= 0.3 is 7.82 Å². The second kappa shape index (κ2) is 22.2. The fourth-order valence-corrected chi connectivity index (χ4v) is 4.22. The third-order valence-corrected chi connectivity index (χ3v) is 6.70. The molecule has 7 heteroatoms. The lowest BCUT2D eigenvalue weighted by atomic mass is 10.0. The van der Waals surface area contributed by atoms with Crippen LogP contribution in [0.3, 0.4) is 0 Å². The number of hydrogen-bond acceptors (Lipinski definition) is 6. The molecule has 0 radical (unpaired) electrons. The Hall–Kier alpha value is 0.0300. The molecule has 0 heterocycles. The van der Waals surface area contributed by atoms with Crippen molar-refractivity contribution in [1.29, 1.82) is 0 Å². The Morgan fingerprint density at radius 1 is 0.667 bits per heavy atom. The Morgan fingerprint density at radius 2 is 1.17 bits per heavy atom. The van der Waals surface area contributed by atoms with Gasteiger partial charge in [-0.1, -0.05) is 90.4 Å². The van der Waals surface area contributed by atoms with Crippen molar-refractivity contribution in [3.63, 3.8) is 0 Å². The number of rotatable bonds is 24. The van der Waals surface area contributed by atoms with Crippen LogP contribution >= 0.6 is 7.82 Å². The van der Waals surface area contributed by atoms with Crippen molar-refractivity contribution in [3.05, 3.63) is 0 Å². The van der Waals surface area contributed by atoms with Gasteiger partial charge in [-0.25, -0.2) is 4.57 Å². The highest BCUT2D eigenvalue weighted by molar-refractivity contribution is 7.48. The summed E-state index contributed by atoms with van der Waals surface area (Å²) in [7, 11) is -0.583. The largest absolute Gasteiger partial charge is 0.474 e. The molecule has 0 bridgehead atoms. The van der Waals surface area contributed by atoms with E-state index in [0.717, 1.165) is 6.42 Å². The molecule has 2 unspecified atom stereocenters. The van der Waals surface area contributed by atoms with Crippen LogP contribution < -0.4 is 0 Å². The van der Waals surface area contributed by atoms with E-state index in [4.69, 9.17) is 23.0 Å². The molecular weight excluding hydrogens is 403 g/mol. The summed E-state index contributed by atoms with van der Waals surface area (Å²) in [6, 6.07) is 0. The molecule has 6 nitrogen and oxygen atoms in total. The van der Waals surface area contributed by atoms with Crippen molar-refractivity contribution in [2.24, 2.45) is 0 Å². The van der Waals surface area contributed by atoms with Crippen LogP contribution in [0.2, 0.25) is 0 Å². The average Bonchev–Trinajstić information content (AvgIpc) is 2.75. The summed E-state index contributed by atoms with van der Waals surface area (Å²) in [6.07, 6.45) is 18.6. The van der Waals surface area contributed by atoms with Gasteiger partial charge in [-0.15, -0.1) is 0 Å². The summed E-state index contributed by atoms with van der Waals surface area (Å²) >= 11 is 0. The van der Waals surface area contributed by atoms with Crippen molar-refractivity contribution >= 4 is 7.82 Å². The predicted molar refractivity (Wildman–Crippen MR) is 124 cm³/mol. The second-order valence-corrected chi connectivity index (χ2v) is 9.65. The maximum atomic E-state index is 12.1. The summed E-state index contributed by atoms with van der Waals surface area (Å²) in [6.45, 7) is 5.51. The van der Waals surface area contributed by atoms with Gasteiger partial charge in [-0.2, -0.15) is 0 Å². The van der Waals surface area contributed by atoms with E-state index in [2.05, 4.69) is 6.92 Å². The first-order valence-corrected chi connectivity index (χ1v) is 13.6. The van der Waals surface area contributed by atoms with E-state index < -0.39 is 7.82 Å². The topological polar surface area (TPSA) is 63.2 Å². The van der Waals surface area contributed by atoms with Gasteiger partial charge < -0.3 is 9.47 Å². The Kier molecular flexibility index (Phi) is 22.3. The summed E-state index contributed by atoms with van der Waals surface area (Å²) in [4.78, 5) is 0. The van der Waals surface area contributed by atoms with E-state index in [1.165, 1.54) is 90.6 Å². The molecule has 0 fully saturated rings. The van der Waals surface area contributed by atoms with Crippen LogP contribution in [0.4, 0.5) is 0 Å². The zero-order valence-corrected chi connectivity index (χ0v) is 21.1. The van der Waals surface area contributed by atoms with Crippen molar-refractivity contribution in [3.8, 4) is 0 Å². The molecule has 182 valence electrons. The minimum Gasteiger partial charge on any atom is -0.379 e. The minimum atomic E-state index is -3.48. The molecule has 0 aromatic carbocycles. The fraction of sp³-hybridized carbons (Fsp3) is 1.00. The number of hydrogen-bond donors (Lipinski definition) is 0. The summed E-state index contributed by atoms with van der Waals surface area (Å²) in [5, 5.41) is 0. The maximum absolute atomic E-state index is 12.1. The first-order valence-electron chi connectivity index (χ1n) is 12.2. The molecule has 0 N–H and O–H groups in total. The molecule has 0 rings (SSSR count). The van der Waals surface area contributed by atoms with Crippen molar-refractivity contribution in [1.82, 2.24) is 0 Å². The van der Waals surface area contributed by atoms with E-state index in [0.29, 0.717) is 13.2 Å². The number of ether oxygens (including phenoxy) is 2. The van der Waals surface area contributed by atoms with Crippen LogP contribution in [-0.2, 0) is 27.6 Å². The Labute approximate surface area is 186 Å². The number of phosphoric ester groups is 1. The van der Waals surface area contributed by atoms with Crippen LogP contribution in [0.5, 0.6) is 0 Å². The third kappa shape index (κ3) is 18.8. The first-order chi connectivity index (χ1) is 14.6. The van der Waals surface area contributed by atoms with Gasteiger partial charge in [-0.3, -0.25) is 13.6 Å². The molecule has 0 amide bonds. The van der Waals surface area contributed by atoms with Gasteiger partial charge in [0.25, 0.3) is 0 Å². The zero-order chi connectivity index (χ0) is 22.3. The normalized spacial score (nSPS) is 14.7. The number of unbranched alkanes of at least 4 members (excludes halogenated alkanes) is 13. The van der Waals surface area contributed by atoms with Crippen LogP contribution in [0.15, 0.2) is 0 Å². The van der Waals surface area contributed by atoms with E-state index in [9.17, 15) is 4.57 Å². The van der Waals surface area contributed by atoms with Crippen molar-refractivity contribution in [2.45, 2.75) is 110 Å². The standard InChI is InChI=1S/C23H49O6P/c1-5-7-8-9-10-11-12-13-14-15-16-17-18-19-20-27-21-23(25-3)22-29-30(24,26-4)28-6-2/h23H,5-22H2,1-4H3. The molecule has 0 saturated heterocycles. The lowest BCUT2D eigenvalue weighted by molar-refractivity contribution is -0.0230. The molecule has 0 aliphatic carbocycles. The van der Waals surface area contributed by atoms with Gasteiger partial charge in [0.1, 0.15) is 6.10 Å². The van der Waals surface area contributed by atoms with Gasteiger partial charge in [0.05, 0.1) is 19.8 Å². The monoisotopic (exact) mass is 452 g/mol. The summed E-state index contributed by atoms with van der Waals surface area (Å²) in [5.41, 5.74) is 0. The van der Waals surface area contributed by atoms with Crippen LogP contribution in [0.25, 0.3) is 0 Å². The average molecular weight is 453 g/mol. The minimum absolute atomic E-state index is 0.111. The smallest absolute Gasteiger partial charge is 0.379 e. The lowest BCUT2D eigenvalue weighted by Gasteiger charge is -2.19. The van der Waals surface area contributed by atoms with Gasteiger partial charge in [0.2, 0.25) is 0 Å². The molecule has 0 aromatic rings. The highest BCUT2D eigenvalue weighted by Crippen LogP contribution is 2.48. The molecule has 0 spiro atoms. The zero-order valence-electron chi connectivity index (χ0n) is 20.2. The van der Waals surface area contributed by atoms with Crippen LogP contribution in [-0.4, -0.2) is 46.8 Å². The van der Waals surface area contributed by atoms with Crippen molar-refractivity contribution in [2.75, 3.05) is 40.6 Å². The van der Waals surface area contributed by atoms with Gasteiger partial charge in [0, 0.05) is 20.8 Å². The number of phosphoric acid groups is 1. The van der Waals surface area contributed by atoms with Gasteiger partial charge in [0.15, 0.2) is 0 Å². The molecule has 2 atom stereocenters. The fourth-order valence-electron chi connectivity index (χ4n) is 3.27. The first kappa shape index (κ1) is 30.0. The Morgan fingerprint density at radius 3 is 1.60 bits per heavy atom. The maximum Gasteiger partial charge on any atom is 0.474 e. The van der Waals surface area contributed by atoms with E-state index in [1.807, 2.05) is 0 Å². The highest BCUT2D eigenvalue weighted by atomic mass is 31.2. The van der Waals surface area contributed by atoms with E-state index in [-0.39, 0.29) is 19.3 Å². The molecule has 0 aliphatic rings. The molecule has 30 heavy (non-hydrogen) atoms. The van der Waals surface area contributed by atoms with Crippen LogP contribution in [0.1, 0.15) is 104 Å². The molecule has 0 saturated carbocycles. The molecular formula is C23H49O6P. The highest BCUT2D eigenvalue weighted by Gasteiger charge is 2.25. The lowest BCUT2D eigenvalue weighted by Crippen LogP contribution is -2.24. The second-order valence-electron chi connectivity index (χ2n) is 7.87.